The average molecular weight is 375 g/mol. The Hall–Kier alpha value is -2.87. The molecular weight excluding hydrogens is 354 g/mol. The molecule has 1 N–H and O–H groups in total. The summed E-state index contributed by atoms with van der Waals surface area (Å²) < 4.78 is 10.5. The van der Waals surface area contributed by atoms with Crippen molar-refractivity contribution in [3.63, 3.8) is 0 Å². The molecule has 0 aromatic heterocycles. The number of nitrogens with one attached hydrogen (secondary N) is 1. The first-order valence-corrected chi connectivity index (χ1v) is 8.33. The number of nitrogens with zero attached hydrogens (tertiary/aromatic N) is 2. The summed E-state index contributed by atoms with van der Waals surface area (Å²) in [4.78, 5) is 12.2. The van der Waals surface area contributed by atoms with E-state index in [2.05, 4.69) is 5.32 Å². The summed E-state index contributed by atoms with van der Waals surface area (Å²) in [5.74, 6) is 1.39. The molecule has 0 unspecified atom stereocenters. The van der Waals surface area contributed by atoms with Crippen LogP contribution in [0.5, 0.6) is 11.5 Å². The van der Waals surface area contributed by atoms with Gasteiger partial charge in [0.1, 0.15) is 0 Å². The van der Waals surface area contributed by atoms with Crippen LogP contribution >= 0.6 is 12.2 Å². The molecule has 0 aliphatic heterocycles. The maximum absolute atomic E-state index is 10.7. The van der Waals surface area contributed by atoms with Crippen LogP contribution < -0.4 is 14.8 Å². The summed E-state index contributed by atoms with van der Waals surface area (Å²) in [6, 6.07) is 11.9. The van der Waals surface area contributed by atoms with E-state index in [1.54, 1.807) is 26.4 Å². The smallest absolute Gasteiger partial charge is 0.269 e. The van der Waals surface area contributed by atoms with Crippen LogP contribution in [-0.4, -0.2) is 42.7 Å². The van der Waals surface area contributed by atoms with Gasteiger partial charge in [-0.25, -0.2) is 0 Å². The predicted molar refractivity (Wildman–Crippen MR) is 105 cm³/mol. The maximum Gasteiger partial charge on any atom is 0.269 e. The first kappa shape index (κ1) is 19.5. The lowest BCUT2D eigenvalue weighted by Gasteiger charge is -2.21. The van der Waals surface area contributed by atoms with Gasteiger partial charge in [0.2, 0.25) is 0 Å². The lowest BCUT2D eigenvalue weighted by Crippen LogP contribution is -2.32. The topological polar surface area (TPSA) is 76.9 Å². The van der Waals surface area contributed by atoms with E-state index in [1.165, 1.54) is 12.1 Å². The molecule has 138 valence electrons. The lowest BCUT2D eigenvalue weighted by atomic mass is 10.1. The number of ether oxygens (including phenoxy) is 2. The second-order valence-electron chi connectivity index (χ2n) is 5.60. The van der Waals surface area contributed by atoms with E-state index in [0.29, 0.717) is 28.8 Å². The van der Waals surface area contributed by atoms with Gasteiger partial charge in [0.05, 0.1) is 19.1 Å². The number of non-ortho nitro benzene ring substituents is 1. The molecule has 2 rings (SSSR count). The lowest BCUT2D eigenvalue weighted by molar-refractivity contribution is -0.384. The van der Waals surface area contributed by atoms with Gasteiger partial charge < -0.3 is 19.7 Å². The number of methoxy groups -OCH3 is 2. The average Bonchev–Trinajstić information content (AvgIpc) is 2.66. The Balaban J connectivity index is 1.91. The molecule has 2 aromatic rings. The van der Waals surface area contributed by atoms with Gasteiger partial charge in [0, 0.05) is 31.4 Å². The van der Waals surface area contributed by atoms with Crippen LogP contribution in [0.25, 0.3) is 0 Å². The van der Waals surface area contributed by atoms with Crippen LogP contribution in [0, 0.1) is 10.1 Å². The third-order valence-corrected chi connectivity index (χ3v) is 4.27. The van der Waals surface area contributed by atoms with Crippen molar-refractivity contribution in [1.82, 2.24) is 4.90 Å². The van der Waals surface area contributed by atoms with Gasteiger partial charge in [-0.3, -0.25) is 10.1 Å². The quantitative estimate of drug-likeness (QED) is 0.451. The fraction of sp³-hybridized carbons (Fsp3) is 0.278. The molecule has 0 spiro atoms. The van der Waals surface area contributed by atoms with Crippen molar-refractivity contribution in [3.8, 4) is 11.5 Å². The summed E-state index contributed by atoms with van der Waals surface area (Å²) in [6.07, 6.45) is 0.777. The number of thiocarbonyl (C=S) groups is 1. The Morgan fingerprint density at radius 3 is 2.38 bits per heavy atom. The Bertz CT molecular complexity index is 781. The second-order valence-corrected chi connectivity index (χ2v) is 5.98. The molecule has 0 radical (unpaired) electrons. The van der Waals surface area contributed by atoms with Gasteiger partial charge in [0.25, 0.3) is 5.69 Å². The fourth-order valence-electron chi connectivity index (χ4n) is 2.32. The molecule has 2 aromatic carbocycles. The summed E-state index contributed by atoms with van der Waals surface area (Å²) >= 11 is 5.38. The van der Waals surface area contributed by atoms with Crippen LogP contribution in [0.3, 0.4) is 0 Å². The van der Waals surface area contributed by atoms with Crippen molar-refractivity contribution < 1.29 is 14.4 Å². The first-order chi connectivity index (χ1) is 12.4. The van der Waals surface area contributed by atoms with Crippen molar-refractivity contribution in [2.24, 2.45) is 0 Å². The highest BCUT2D eigenvalue weighted by Crippen LogP contribution is 2.27. The molecule has 0 aliphatic rings. The number of hydrogen-bond donors (Lipinski definition) is 1. The Kier molecular flexibility index (Phi) is 6.74. The number of hydrogen-bond acceptors (Lipinski definition) is 5. The van der Waals surface area contributed by atoms with Gasteiger partial charge in [-0.05, 0) is 48.5 Å². The molecule has 0 saturated heterocycles. The third kappa shape index (κ3) is 5.06. The van der Waals surface area contributed by atoms with Crippen LogP contribution in [0.1, 0.15) is 5.56 Å². The van der Waals surface area contributed by atoms with Crippen LogP contribution in [-0.2, 0) is 6.42 Å². The number of nitro benzene ring substituents is 1. The van der Waals surface area contributed by atoms with Crippen molar-refractivity contribution in [3.05, 3.63) is 58.1 Å². The zero-order valence-electron chi connectivity index (χ0n) is 14.9. The molecule has 26 heavy (non-hydrogen) atoms. The number of benzene rings is 2. The predicted octanol–water partition coefficient (Wildman–Crippen LogP) is 3.48. The highest BCUT2D eigenvalue weighted by Gasteiger charge is 2.09. The Morgan fingerprint density at radius 2 is 1.81 bits per heavy atom. The molecule has 0 atom stereocenters. The van der Waals surface area contributed by atoms with Gasteiger partial charge in [0.15, 0.2) is 16.6 Å². The Morgan fingerprint density at radius 1 is 1.15 bits per heavy atom. The highest BCUT2D eigenvalue weighted by molar-refractivity contribution is 7.80. The number of nitro groups is 1. The minimum atomic E-state index is -0.433. The van der Waals surface area contributed by atoms with E-state index >= 15 is 0 Å². The van der Waals surface area contributed by atoms with Gasteiger partial charge in [-0.2, -0.15) is 0 Å². The number of anilines is 1. The third-order valence-electron chi connectivity index (χ3n) is 3.86. The first-order valence-electron chi connectivity index (χ1n) is 7.92. The van der Waals surface area contributed by atoms with Crippen molar-refractivity contribution in [2.75, 3.05) is 33.1 Å². The maximum atomic E-state index is 10.7. The zero-order chi connectivity index (χ0) is 19.1. The van der Waals surface area contributed by atoms with Crippen molar-refractivity contribution in [2.45, 2.75) is 6.42 Å². The van der Waals surface area contributed by atoms with Crippen LogP contribution in [0.2, 0.25) is 0 Å². The molecule has 0 fully saturated rings. The van der Waals surface area contributed by atoms with E-state index in [0.717, 1.165) is 12.0 Å². The van der Waals surface area contributed by atoms with Gasteiger partial charge in [-0.1, -0.05) is 6.07 Å². The monoisotopic (exact) mass is 375 g/mol. The summed E-state index contributed by atoms with van der Waals surface area (Å²) in [7, 11) is 5.10. The van der Waals surface area contributed by atoms with E-state index in [-0.39, 0.29) is 5.69 Å². The summed E-state index contributed by atoms with van der Waals surface area (Å²) in [5, 5.41) is 14.3. The fourth-order valence-corrected chi connectivity index (χ4v) is 2.53. The van der Waals surface area contributed by atoms with Crippen molar-refractivity contribution >= 4 is 28.7 Å². The van der Waals surface area contributed by atoms with Crippen LogP contribution in [0.4, 0.5) is 11.4 Å². The standard InChI is InChI=1S/C18H21N3O4S/c1-20(11-10-13-4-9-16(24-2)17(12-13)25-3)18(26)19-14-5-7-15(8-6-14)21(22)23/h4-9,12H,10-11H2,1-3H3,(H,19,26). The molecule has 7 nitrogen and oxygen atoms in total. The summed E-state index contributed by atoms with van der Waals surface area (Å²) in [5.41, 5.74) is 1.86. The van der Waals surface area contributed by atoms with E-state index in [1.807, 2.05) is 30.1 Å². The molecule has 8 heteroatoms. The Labute approximate surface area is 157 Å². The molecule has 0 saturated carbocycles. The van der Waals surface area contributed by atoms with E-state index < -0.39 is 4.92 Å². The molecular formula is C18H21N3O4S. The minimum Gasteiger partial charge on any atom is -0.493 e. The minimum absolute atomic E-state index is 0.0447. The molecule has 0 heterocycles. The number of rotatable bonds is 7. The van der Waals surface area contributed by atoms with E-state index in [9.17, 15) is 10.1 Å². The van der Waals surface area contributed by atoms with Crippen molar-refractivity contribution in [1.29, 1.82) is 0 Å². The second kappa shape index (κ2) is 9.00. The van der Waals surface area contributed by atoms with Gasteiger partial charge >= 0.3 is 0 Å². The van der Waals surface area contributed by atoms with E-state index in [4.69, 9.17) is 21.7 Å². The zero-order valence-corrected chi connectivity index (χ0v) is 15.7. The normalized spacial score (nSPS) is 10.1. The summed E-state index contributed by atoms with van der Waals surface area (Å²) in [6.45, 7) is 0.703. The molecule has 0 aliphatic carbocycles. The SMILES string of the molecule is COc1ccc(CCN(C)C(=S)Nc2ccc([N+](=O)[O-])cc2)cc1OC. The largest absolute Gasteiger partial charge is 0.493 e. The molecule has 0 amide bonds. The highest BCUT2D eigenvalue weighted by atomic mass is 32.1. The van der Waals surface area contributed by atoms with Crippen LogP contribution in [0.15, 0.2) is 42.5 Å². The number of likely N-dealkylation sites (N-methyl/N-ethyl adjacent to an activating group) is 1. The van der Waals surface area contributed by atoms with Gasteiger partial charge in [-0.15, -0.1) is 0 Å². The molecule has 0 bridgehead atoms.